The molecule has 0 radical (unpaired) electrons. The molecule has 6 aromatic carbocycles. The zero-order chi connectivity index (χ0) is 86.6. The summed E-state index contributed by atoms with van der Waals surface area (Å²) in [6.07, 6.45) is 8.25. The third-order valence-electron chi connectivity index (χ3n) is 23.3. The highest BCUT2D eigenvalue weighted by atomic mass is 79.9. The van der Waals surface area contributed by atoms with E-state index in [0.717, 1.165) is 79.8 Å². The Labute approximate surface area is 715 Å². The number of nitrogens with one attached hydrogen (secondary N) is 4. The minimum Gasteiger partial charge on any atom is -0.497 e. The maximum Gasteiger partial charge on any atom is 0.408 e. The Kier molecular flexibility index (Phi) is 29.1. The maximum absolute atomic E-state index is 14.8. The number of benzene rings is 6. The predicted octanol–water partition coefficient (Wildman–Crippen LogP) is 16.0. The van der Waals surface area contributed by atoms with Gasteiger partial charge in [-0.2, -0.15) is 0 Å². The van der Waals surface area contributed by atoms with E-state index in [4.69, 9.17) is 42.9 Å². The number of aryl methyl sites for hydroxylation is 1. The number of alkyl carbamates (subject to hydrolysis) is 2. The van der Waals surface area contributed by atoms with Crippen LogP contribution in [0.5, 0.6) is 23.0 Å². The number of carbonyl (C=O) groups is 6. The fourth-order valence-electron chi connectivity index (χ4n) is 16.3. The first kappa shape index (κ1) is 90.3. The van der Waals surface area contributed by atoms with Crippen LogP contribution in [-0.2, 0) is 55.1 Å². The average Bonchev–Trinajstić information content (AvgIpc) is 1.56. The van der Waals surface area contributed by atoms with E-state index >= 15 is 0 Å². The molecule has 2 aromatic heterocycles. The fraction of sp³-hybridized carbons (Fsp3) is 0.435. The first-order valence-electron chi connectivity index (χ1n) is 41.3. The van der Waals surface area contributed by atoms with Crippen molar-refractivity contribution >= 4 is 88.7 Å². The van der Waals surface area contributed by atoms with E-state index in [9.17, 15) is 52.6 Å². The van der Waals surface area contributed by atoms with Crippen LogP contribution in [-0.4, -0.2) is 169 Å². The smallest absolute Gasteiger partial charge is 0.408 e. The van der Waals surface area contributed by atoms with Crippen LogP contribution >= 0.6 is 31.1 Å². The van der Waals surface area contributed by atoms with Crippen LogP contribution in [0.3, 0.4) is 0 Å². The van der Waals surface area contributed by atoms with Crippen LogP contribution in [0.2, 0.25) is 0 Å². The molecule has 26 nitrogen and oxygen atoms in total. The number of ether oxygens (including phenoxy) is 6. The molecule has 5 unspecified atom stereocenters. The number of hydrogen-bond acceptors (Lipinski definition) is 17. The minimum absolute atomic E-state index is 0.0115. The van der Waals surface area contributed by atoms with Gasteiger partial charge in [0.05, 0.1) is 56.3 Å². The number of methoxy groups -OCH3 is 2. The van der Waals surface area contributed by atoms with Crippen molar-refractivity contribution in [3.63, 3.8) is 0 Å². The molecule has 6 amide bonds. The molecule has 8 aromatic rings. The first-order chi connectivity index (χ1) is 57.8. The standard InChI is InChI=1S/C46H55N4O9P.C38H47N4O9P.C8H9Br/c1-6-32-28-46(32,60(54,55)57-24-23-30-15-9-7-10-16-30)49-42(51)39-26-35(29-50(39)43(52)41(45(2,3)4)48-44(53)59-33-19-13-14-20-33)58-40-27-37(31-17-11-8-12-18-31)47-38-25-34(56-5)21-22-36(38)40;1-6-24-21-38(24,52(46,47)48)41-34(43)31-19-27(22-42(31)35(44)33(37(2,3)4)40-36(45)51-25-14-10-11-15-25)50-32-20-29(23-12-8-7-9-13-23)39-30-18-26(49-5)16-17-28(30)32;9-7-6-8-4-2-1-3-5-8/h6-12,15-18,21-22,25,27,32-33,35,39,41H,1,13-14,19-20,23-24,26,28-29H2,2-5H3,(H,48,53)(H,49,51)(H,54,55);6-9,12-13,16-18,20,24-25,27,31,33H,1,10-11,14-15,19,21-22H2,2-5H3,(H,40,45)(H,41,43)(H2,46,47,48);1-5H,6-7H2/t32?,35-,39+,41-,46?;24?,27-,31+,33-,38?;/m11./s1. The van der Waals surface area contributed by atoms with Crippen molar-refractivity contribution in [3.8, 4) is 45.5 Å². The predicted molar refractivity (Wildman–Crippen MR) is 467 cm³/mol. The number of fused-ring (bicyclic) bond motifs is 2. The van der Waals surface area contributed by atoms with Crippen molar-refractivity contribution in [2.24, 2.45) is 22.7 Å². The number of aromatic nitrogens is 2. The number of hydrogen-bond donors (Lipinski definition) is 7. The van der Waals surface area contributed by atoms with Crippen LogP contribution < -0.4 is 40.2 Å². The van der Waals surface area contributed by atoms with Gasteiger partial charge in [-0.25, -0.2) is 19.6 Å². The molecule has 4 heterocycles. The summed E-state index contributed by atoms with van der Waals surface area (Å²) < 4.78 is 68.0. The lowest BCUT2D eigenvalue weighted by molar-refractivity contribution is -0.142. The van der Waals surface area contributed by atoms with Crippen molar-refractivity contribution in [1.82, 2.24) is 41.0 Å². The van der Waals surface area contributed by atoms with E-state index in [0.29, 0.717) is 62.6 Å². The lowest BCUT2D eigenvalue weighted by Gasteiger charge is -2.35. The van der Waals surface area contributed by atoms with Crippen molar-refractivity contribution in [2.75, 3.05) is 39.2 Å². The molecule has 6 aliphatic rings. The quantitative estimate of drug-likeness (QED) is 0.0136. The van der Waals surface area contributed by atoms with Gasteiger partial charge in [-0.05, 0) is 123 Å². The lowest BCUT2D eigenvalue weighted by atomic mass is 9.85. The molecule has 121 heavy (non-hydrogen) atoms. The first-order valence-corrected chi connectivity index (χ1v) is 45.6. The van der Waals surface area contributed by atoms with E-state index in [1.165, 1.54) is 27.5 Å². The van der Waals surface area contributed by atoms with Gasteiger partial charge in [0, 0.05) is 76.2 Å². The highest BCUT2D eigenvalue weighted by molar-refractivity contribution is 9.09. The second-order valence-corrected chi connectivity index (χ2v) is 38.7. The third-order valence-corrected chi connectivity index (χ3v) is 27.5. The molecule has 4 aliphatic carbocycles. The molecule has 7 N–H and O–H groups in total. The summed E-state index contributed by atoms with van der Waals surface area (Å²) in [6.45, 7) is 18.3. The van der Waals surface area contributed by atoms with Gasteiger partial charge in [0.2, 0.25) is 23.6 Å². The van der Waals surface area contributed by atoms with Crippen molar-refractivity contribution in [2.45, 2.75) is 191 Å². The molecule has 2 aliphatic heterocycles. The number of rotatable bonds is 28. The van der Waals surface area contributed by atoms with Gasteiger partial charge < -0.3 is 78.7 Å². The number of nitrogens with zero attached hydrogens (tertiary/aromatic N) is 4. The second kappa shape index (κ2) is 39.0. The topological polar surface area (TPSA) is 342 Å². The molecule has 14 rings (SSSR count). The SMILES string of the molecule is BrCCc1ccccc1.C=CC1CC1(NC(=O)[C@@H]1C[C@@H](Oc2cc(-c3ccccc3)nc3cc(OC)ccc23)CN1C(=O)[C@@H](NC(=O)OC1CCCC1)C(C)(C)C)P(=O)(O)O.C=CC1CC1(NC(=O)[C@@H]1C[C@@H](Oc2cc(-c3ccccc3)nc3cc(OC)ccc23)CN1C(=O)[C@@H](NC(=O)OC1CCCC1)C(C)(C)C)P(=O)(O)OCCc1ccccc1. The lowest BCUT2D eigenvalue weighted by Crippen LogP contribution is -2.58. The zero-order valence-electron chi connectivity index (χ0n) is 69.8. The highest BCUT2D eigenvalue weighted by Gasteiger charge is 2.68. The van der Waals surface area contributed by atoms with Crippen LogP contribution in [0.15, 0.2) is 195 Å². The Balaban J connectivity index is 0.000000202. The Hall–Kier alpha value is -9.98. The van der Waals surface area contributed by atoms with E-state index in [-0.39, 0.29) is 57.6 Å². The van der Waals surface area contributed by atoms with Gasteiger partial charge in [0.15, 0.2) is 0 Å². The van der Waals surface area contributed by atoms with Crippen molar-refractivity contribution in [3.05, 3.63) is 206 Å². The average molecular weight is 1760 g/mol. The Morgan fingerprint density at radius 3 is 1.28 bits per heavy atom. The Bertz CT molecular complexity index is 5110. The summed E-state index contributed by atoms with van der Waals surface area (Å²) in [5, 5.41) is 10.1. The number of halogens is 1. The summed E-state index contributed by atoms with van der Waals surface area (Å²) >= 11 is 3.39. The van der Waals surface area contributed by atoms with Gasteiger partial charge in [0.25, 0.3) is 0 Å². The fourth-order valence-corrected chi connectivity index (χ4v) is 19.7. The van der Waals surface area contributed by atoms with Crippen LogP contribution in [0.4, 0.5) is 9.59 Å². The van der Waals surface area contributed by atoms with Crippen LogP contribution in [0, 0.1) is 22.7 Å². The number of pyridine rings is 2. The van der Waals surface area contributed by atoms with E-state index in [2.05, 4.69) is 74.6 Å². The molecule has 4 saturated carbocycles. The number of amides is 6. The molecule has 29 heteroatoms. The molecule has 644 valence electrons. The summed E-state index contributed by atoms with van der Waals surface area (Å²) in [4.78, 5) is 129. The summed E-state index contributed by atoms with van der Waals surface area (Å²) in [5.74, 6) is -1.44. The minimum atomic E-state index is -4.81. The maximum atomic E-state index is 14.8. The van der Waals surface area contributed by atoms with Crippen molar-refractivity contribution in [1.29, 1.82) is 0 Å². The molecule has 11 atom stereocenters. The Morgan fingerprint density at radius 2 is 0.917 bits per heavy atom. The number of likely N-dealkylation sites (tertiary alicyclic amines) is 2. The number of alkyl halides is 1. The van der Waals surface area contributed by atoms with Gasteiger partial charge in [0.1, 0.15) is 82.1 Å². The largest absolute Gasteiger partial charge is 0.497 e. The highest BCUT2D eigenvalue weighted by Crippen LogP contribution is 2.70. The summed E-state index contributed by atoms with van der Waals surface area (Å²) in [5.41, 5.74) is 4.99. The van der Waals surface area contributed by atoms with E-state index < -0.39 is 121 Å². The zero-order valence-corrected chi connectivity index (χ0v) is 73.1. The molecular weight excluding hydrogens is 1650 g/mol. The van der Waals surface area contributed by atoms with Gasteiger partial charge in [-0.1, -0.05) is 191 Å². The second-order valence-electron chi connectivity index (χ2n) is 34.0. The number of carbonyl (C=O) groups excluding carboxylic acids is 6. The normalized spacial score (nSPS) is 22.4. The van der Waals surface area contributed by atoms with E-state index in [1.807, 2.05) is 154 Å². The Morgan fingerprint density at radius 1 is 0.537 bits per heavy atom. The van der Waals surface area contributed by atoms with Gasteiger partial charge >= 0.3 is 27.4 Å². The monoisotopic (exact) mass is 1760 g/mol. The van der Waals surface area contributed by atoms with Crippen LogP contribution in [0.25, 0.3) is 44.3 Å². The summed E-state index contributed by atoms with van der Waals surface area (Å²) in [7, 11) is -6.14. The van der Waals surface area contributed by atoms with Gasteiger partial charge in [-0.3, -0.25) is 28.3 Å². The molecular formula is C92H111BrN8O18P2. The van der Waals surface area contributed by atoms with Crippen molar-refractivity contribution < 1.29 is 85.5 Å². The molecule has 6 fully saturated rings. The summed E-state index contributed by atoms with van der Waals surface area (Å²) in [6, 6.07) is 49.2. The van der Waals surface area contributed by atoms with Gasteiger partial charge in [-0.15, -0.1) is 13.2 Å². The molecule has 0 bridgehead atoms. The third kappa shape index (κ3) is 21.9. The van der Waals surface area contributed by atoms with Crippen LogP contribution in [0.1, 0.15) is 130 Å². The molecule has 2 saturated heterocycles. The van der Waals surface area contributed by atoms with E-state index in [1.54, 1.807) is 47.1 Å². The molecule has 0 spiro atoms.